The van der Waals surface area contributed by atoms with Gasteiger partial charge in [-0.1, -0.05) is 11.2 Å². The Bertz CT molecular complexity index is 53.4. The summed E-state index contributed by atoms with van der Waals surface area (Å²) < 4.78 is 13.7. The van der Waals surface area contributed by atoms with Gasteiger partial charge in [0, 0.05) is 0 Å². The van der Waals surface area contributed by atoms with E-state index < -0.39 is 11.2 Å². The summed E-state index contributed by atoms with van der Waals surface area (Å²) in [4.78, 5) is 9.18. The molecule has 0 aromatic heterocycles. The van der Waals surface area contributed by atoms with Crippen LogP contribution in [0.3, 0.4) is 0 Å². The maximum atomic E-state index is 9.56. The zero-order chi connectivity index (χ0) is 7.70. The minimum Gasteiger partial charge on any atom is -0.617 e. The van der Waals surface area contributed by atoms with Crippen molar-refractivity contribution in [3.63, 3.8) is 0 Å². The van der Waals surface area contributed by atoms with Crippen LogP contribution in [0.2, 0.25) is 0 Å². The molecule has 3 nitrogen and oxygen atoms in total. The molecule has 0 amide bonds. The zero-order valence-corrected chi connectivity index (χ0v) is 6.73. The molecule has 0 radical (unpaired) electrons. The van der Waals surface area contributed by atoms with Gasteiger partial charge in [0.1, 0.15) is 0 Å². The molecule has 0 saturated carbocycles. The summed E-state index contributed by atoms with van der Waals surface area (Å²) in [6.45, 7) is 2.66. The second kappa shape index (κ2) is 10.7. The lowest BCUT2D eigenvalue weighted by Crippen LogP contribution is -1.86. The summed E-state index contributed by atoms with van der Waals surface area (Å²) >= 11 is -0.611. The average molecular weight is 152 g/mol. The first-order valence-electron chi connectivity index (χ1n) is 2.45. The van der Waals surface area contributed by atoms with Crippen molar-refractivity contribution in [1.29, 1.82) is 0 Å². The van der Waals surface area contributed by atoms with Gasteiger partial charge in [0.25, 0.3) is 6.47 Å². The number of rotatable bonds is 2. The fraction of sp³-hybridized carbons (Fsp3) is 0.800. The Morgan fingerprint density at radius 3 is 2.00 bits per heavy atom. The van der Waals surface area contributed by atoms with Gasteiger partial charge in [-0.2, -0.15) is 0 Å². The maximum Gasteiger partial charge on any atom is 0.293 e. The molecular weight excluding hydrogens is 140 g/mol. The number of hydrogen-bond donors (Lipinski definition) is 0. The molecule has 0 aliphatic heterocycles. The maximum absolute atomic E-state index is 9.56. The standard InChI is InChI=1S/C3H6O2.C2H6OS/c1-2-5-3-4;1-4(2)3/h3H,2H2,1H3;1-2H3. The molecule has 0 spiro atoms. The second-order valence-electron chi connectivity index (χ2n) is 1.29. The van der Waals surface area contributed by atoms with Crippen molar-refractivity contribution in [2.45, 2.75) is 6.92 Å². The van der Waals surface area contributed by atoms with Crippen LogP contribution in [0, 0.1) is 0 Å². The van der Waals surface area contributed by atoms with Crippen molar-refractivity contribution >= 4 is 17.6 Å². The average Bonchev–Trinajstić information content (AvgIpc) is 1.66. The Hall–Kier alpha value is -0.220. The number of ether oxygens (including phenoxy) is 1. The Balaban J connectivity index is 0. The van der Waals surface area contributed by atoms with Crippen molar-refractivity contribution in [3.8, 4) is 0 Å². The van der Waals surface area contributed by atoms with Crippen LogP contribution >= 0.6 is 0 Å². The largest absolute Gasteiger partial charge is 0.617 e. The summed E-state index contributed by atoms with van der Waals surface area (Å²) in [5.41, 5.74) is 0. The lowest BCUT2D eigenvalue weighted by molar-refractivity contribution is -0.128. The van der Waals surface area contributed by atoms with Crippen molar-refractivity contribution in [2.75, 3.05) is 19.1 Å². The summed E-state index contributed by atoms with van der Waals surface area (Å²) in [6.07, 6.45) is 3.28. The van der Waals surface area contributed by atoms with Crippen LogP contribution in [0.1, 0.15) is 6.92 Å². The molecule has 0 aromatic rings. The molecule has 0 aromatic carbocycles. The van der Waals surface area contributed by atoms with Gasteiger partial charge in [0.15, 0.2) is 0 Å². The molecule has 0 N–H and O–H groups in total. The Morgan fingerprint density at radius 1 is 1.67 bits per heavy atom. The van der Waals surface area contributed by atoms with E-state index in [1.54, 1.807) is 19.4 Å². The lowest BCUT2D eigenvalue weighted by Gasteiger charge is -1.87. The highest BCUT2D eigenvalue weighted by Crippen LogP contribution is 1.61. The van der Waals surface area contributed by atoms with Crippen molar-refractivity contribution in [1.82, 2.24) is 0 Å². The number of hydrogen-bond acceptors (Lipinski definition) is 3. The van der Waals surface area contributed by atoms with Crippen LogP contribution in [0.15, 0.2) is 0 Å². The molecule has 0 aliphatic rings. The number of carbonyl (C=O) groups excluding carboxylic acids is 1. The predicted octanol–water partition coefficient (Wildman–Crippen LogP) is 0.174. The Kier molecular flexibility index (Phi) is 13.8. The molecule has 0 aliphatic carbocycles. The third kappa shape index (κ3) is 82.0. The van der Waals surface area contributed by atoms with E-state index in [-0.39, 0.29) is 0 Å². The SMILES string of the molecule is CCOC=O.C[S+](C)[O-]. The molecule has 56 valence electrons. The molecule has 0 unspecified atom stereocenters. The first-order chi connectivity index (χ1) is 4.15. The van der Waals surface area contributed by atoms with Gasteiger partial charge in [-0.3, -0.25) is 4.79 Å². The summed E-state index contributed by atoms with van der Waals surface area (Å²) in [7, 11) is 0. The molecule has 0 bridgehead atoms. The minimum absolute atomic E-state index is 0.431. The van der Waals surface area contributed by atoms with Gasteiger partial charge in [-0.05, 0) is 6.92 Å². The monoisotopic (exact) mass is 152 g/mol. The van der Waals surface area contributed by atoms with Crippen molar-refractivity contribution < 1.29 is 14.1 Å². The normalized spacial score (nSPS) is 7.67. The van der Waals surface area contributed by atoms with E-state index in [0.717, 1.165) is 0 Å². The second-order valence-corrected chi connectivity index (χ2v) is 2.78. The quantitative estimate of drug-likeness (QED) is 0.419. The third-order valence-electron chi connectivity index (χ3n) is 0.235. The Morgan fingerprint density at radius 2 is 2.00 bits per heavy atom. The molecule has 0 heterocycles. The van der Waals surface area contributed by atoms with E-state index in [9.17, 15) is 9.35 Å². The molecule has 4 heteroatoms. The molecule has 0 rings (SSSR count). The minimum atomic E-state index is -0.611. The summed E-state index contributed by atoms with van der Waals surface area (Å²) in [5.74, 6) is 0. The topological polar surface area (TPSA) is 49.4 Å². The molecule has 0 fully saturated rings. The third-order valence-corrected chi connectivity index (χ3v) is 0.235. The lowest BCUT2D eigenvalue weighted by atomic mass is 10.9. The van der Waals surface area contributed by atoms with E-state index in [1.165, 1.54) is 0 Å². The molecule has 0 atom stereocenters. The van der Waals surface area contributed by atoms with E-state index in [0.29, 0.717) is 13.1 Å². The highest BCUT2D eigenvalue weighted by atomic mass is 32.2. The fourth-order valence-corrected chi connectivity index (χ4v) is 0.0680. The van der Waals surface area contributed by atoms with Gasteiger partial charge >= 0.3 is 0 Å². The first-order valence-corrected chi connectivity index (χ1v) is 4.42. The highest BCUT2D eigenvalue weighted by Gasteiger charge is 1.66. The van der Waals surface area contributed by atoms with Gasteiger partial charge in [-0.15, -0.1) is 0 Å². The van der Waals surface area contributed by atoms with E-state index in [2.05, 4.69) is 4.74 Å². The molecule has 9 heavy (non-hydrogen) atoms. The van der Waals surface area contributed by atoms with Gasteiger partial charge in [0.2, 0.25) is 0 Å². The predicted molar refractivity (Wildman–Crippen MR) is 37.7 cm³/mol. The van der Waals surface area contributed by atoms with Gasteiger partial charge in [-0.25, -0.2) is 0 Å². The summed E-state index contributed by atoms with van der Waals surface area (Å²) in [5, 5.41) is 0. The van der Waals surface area contributed by atoms with Crippen LogP contribution in [0.4, 0.5) is 0 Å². The van der Waals surface area contributed by atoms with E-state index in [1.807, 2.05) is 0 Å². The smallest absolute Gasteiger partial charge is 0.293 e. The van der Waals surface area contributed by atoms with Gasteiger partial charge in [0.05, 0.1) is 19.1 Å². The van der Waals surface area contributed by atoms with Crippen LogP contribution in [0.5, 0.6) is 0 Å². The van der Waals surface area contributed by atoms with Crippen LogP contribution in [-0.2, 0) is 20.7 Å². The van der Waals surface area contributed by atoms with Crippen molar-refractivity contribution in [2.24, 2.45) is 0 Å². The number of carbonyl (C=O) groups is 1. The highest BCUT2D eigenvalue weighted by molar-refractivity contribution is 7.89. The fourth-order valence-electron chi connectivity index (χ4n) is 0.0680. The first kappa shape index (κ1) is 11.6. The van der Waals surface area contributed by atoms with Crippen LogP contribution in [0.25, 0.3) is 0 Å². The molecular formula is C5H12O3S. The zero-order valence-electron chi connectivity index (χ0n) is 5.92. The summed E-state index contributed by atoms with van der Waals surface area (Å²) in [6, 6.07) is 0. The van der Waals surface area contributed by atoms with E-state index in [4.69, 9.17) is 0 Å². The van der Waals surface area contributed by atoms with Crippen molar-refractivity contribution in [3.05, 3.63) is 0 Å². The Labute approximate surface area is 58.6 Å². The van der Waals surface area contributed by atoms with Crippen LogP contribution in [-0.4, -0.2) is 30.1 Å². The van der Waals surface area contributed by atoms with Gasteiger partial charge < -0.3 is 9.29 Å². The van der Waals surface area contributed by atoms with Crippen LogP contribution < -0.4 is 0 Å². The van der Waals surface area contributed by atoms with E-state index >= 15 is 0 Å². The molecule has 0 saturated heterocycles.